The number of aromatic nitrogens is 1. The Kier molecular flexibility index (Phi) is 6.11. The van der Waals surface area contributed by atoms with Crippen LogP contribution in [0.25, 0.3) is 0 Å². The molecule has 2 unspecified atom stereocenters. The molecule has 2 heterocycles. The van der Waals surface area contributed by atoms with Crippen LogP contribution in [0.1, 0.15) is 48.3 Å². The molecule has 1 fully saturated rings. The van der Waals surface area contributed by atoms with Crippen molar-refractivity contribution in [3.05, 3.63) is 89.2 Å². The lowest BCUT2D eigenvalue weighted by Gasteiger charge is -2.32. The molecule has 0 bridgehead atoms. The Bertz CT molecular complexity index is 848. The minimum absolute atomic E-state index is 0.125. The molecule has 0 amide bonds. The maximum absolute atomic E-state index is 4.48. The smallest absolute Gasteiger partial charge is 0.0570 e. The molecule has 3 heteroatoms. The van der Waals surface area contributed by atoms with Crippen molar-refractivity contribution < 1.29 is 0 Å². The highest BCUT2D eigenvalue weighted by atomic mass is 32.2. The first kappa shape index (κ1) is 19.2. The van der Waals surface area contributed by atoms with Gasteiger partial charge in [-0.2, -0.15) is 10.5 Å². The van der Waals surface area contributed by atoms with Crippen LogP contribution in [0.5, 0.6) is 0 Å². The van der Waals surface area contributed by atoms with E-state index in [1.165, 1.54) is 48.1 Å². The van der Waals surface area contributed by atoms with E-state index in [9.17, 15) is 0 Å². The van der Waals surface area contributed by atoms with Gasteiger partial charge in [0, 0.05) is 36.8 Å². The van der Waals surface area contributed by atoms with Crippen LogP contribution < -0.4 is 0 Å². The number of benzene rings is 1. The van der Waals surface area contributed by atoms with Gasteiger partial charge in [0.2, 0.25) is 0 Å². The topological polar surface area (TPSA) is 16.1 Å². The summed E-state index contributed by atoms with van der Waals surface area (Å²) in [6.07, 6.45) is 12.4. The summed E-state index contributed by atoms with van der Waals surface area (Å²) in [5.41, 5.74) is 5.32. The quantitative estimate of drug-likeness (QED) is 0.548. The summed E-state index contributed by atoms with van der Waals surface area (Å²) in [6, 6.07) is 13.9. The van der Waals surface area contributed by atoms with Crippen LogP contribution in [0, 0.1) is 0 Å². The molecule has 0 spiro atoms. The van der Waals surface area contributed by atoms with Gasteiger partial charge in [-0.25, -0.2) is 0 Å². The van der Waals surface area contributed by atoms with Crippen molar-refractivity contribution in [1.82, 2.24) is 9.88 Å². The standard InChI is InChI=1S/C25H30N2S/c1-20(17-21-7-9-24(10-8-21)23-5-3-4-6-23)27(25-13-16-28(2)19-25)18-22-11-14-26-15-12-22/h7-16,23,25H,1-6,17-19H2. The van der Waals surface area contributed by atoms with Crippen LogP contribution in [-0.4, -0.2) is 27.5 Å². The van der Waals surface area contributed by atoms with E-state index < -0.39 is 0 Å². The highest BCUT2D eigenvalue weighted by Crippen LogP contribution is 2.34. The van der Waals surface area contributed by atoms with Crippen LogP contribution in [-0.2, 0) is 13.0 Å². The Hall–Kier alpha value is -2.13. The monoisotopic (exact) mass is 390 g/mol. The molecule has 2 atom stereocenters. The van der Waals surface area contributed by atoms with Crippen molar-refractivity contribution in [3.8, 4) is 0 Å². The van der Waals surface area contributed by atoms with Crippen LogP contribution >= 0.6 is 10.5 Å². The first-order valence-corrected chi connectivity index (χ1v) is 11.9. The predicted molar refractivity (Wildman–Crippen MR) is 123 cm³/mol. The number of hydrogen-bond donors (Lipinski definition) is 0. The average Bonchev–Trinajstić information content (AvgIpc) is 3.39. The van der Waals surface area contributed by atoms with E-state index in [0.717, 1.165) is 24.6 Å². The molecule has 2 nitrogen and oxygen atoms in total. The van der Waals surface area contributed by atoms with Crippen molar-refractivity contribution in [1.29, 1.82) is 0 Å². The Balaban J connectivity index is 1.47. The molecule has 28 heavy (non-hydrogen) atoms. The molecule has 0 saturated heterocycles. The first-order chi connectivity index (χ1) is 13.7. The molecule has 1 aliphatic heterocycles. The minimum atomic E-state index is 0.125. The van der Waals surface area contributed by atoms with E-state index in [0.29, 0.717) is 6.04 Å². The molecule has 0 radical (unpaired) electrons. The van der Waals surface area contributed by atoms with E-state index in [1.54, 1.807) is 0 Å². The van der Waals surface area contributed by atoms with Crippen molar-refractivity contribution in [2.75, 3.05) is 5.75 Å². The van der Waals surface area contributed by atoms with Gasteiger partial charge in [-0.05, 0) is 53.0 Å². The molecule has 1 aromatic carbocycles. The summed E-state index contributed by atoms with van der Waals surface area (Å²) in [6.45, 7) is 5.34. The summed E-state index contributed by atoms with van der Waals surface area (Å²) in [5.74, 6) is 6.11. The lowest BCUT2D eigenvalue weighted by Crippen LogP contribution is -2.34. The Morgan fingerprint density at radius 2 is 1.75 bits per heavy atom. The molecule has 2 aliphatic rings. The minimum Gasteiger partial charge on any atom is -0.363 e. The van der Waals surface area contributed by atoms with Gasteiger partial charge in [0.1, 0.15) is 0 Å². The average molecular weight is 391 g/mol. The van der Waals surface area contributed by atoms with Gasteiger partial charge < -0.3 is 4.90 Å². The van der Waals surface area contributed by atoms with Gasteiger partial charge in [0.05, 0.1) is 6.04 Å². The number of hydrogen-bond acceptors (Lipinski definition) is 2. The van der Waals surface area contributed by atoms with E-state index in [4.69, 9.17) is 0 Å². The zero-order chi connectivity index (χ0) is 19.3. The van der Waals surface area contributed by atoms with Crippen molar-refractivity contribution in [3.63, 3.8) is 0 Å². The Morgan fingerprint density at radius 3 is 2.39 bits per heavy atom. The third kappa shape index (κ3) is 4.64. The first-order valence-electron chi connectivity index (χ1n) is 10.3. The Morgan fingerprint density at radius 1 is 1.04 bits per heavy atom. The molecule has 1 aromatic heterocycles. The van der Waals surface area contributed by atoms with Gasteiger partial charge in [0.25, 0.3) is 0 Å². The number of pyridine rings is 1. The summed E-state index contributed by atoms with van der Waals surface area (Å²) in [5, 5.41) is 2.26. The summed E-state index contributed by atoms with van der Waals surface area (Å²) >= 11 is 0. The number of nitrogens with zero attached hydrogens (tertiary/aromatic N) is 2. The second-order valence-corrected chi connectivity index (χ2v) is 9.73. The van der Waals surface area contributed by atoms with Gasteiger partial charge in [-0.15, -0.1) is 0 Å². The third-order valence-electron chi connectivity index (χ3n) is 6.00. The maximum atomic E-state index is 4.48. The molecule has 1 aliphatic carbocycles. The predicted octanol–water partition coefficient (Wildman–Crippen LogP) is 5.89. The molecule has 4 rings (SSSR count). The van der Waals surface area contributed by atoms with Gasteiger partial charge >= 0.3 is 0 Å². The largest absolute Gasteiger partial charge is 0.363 e. The normalized spacial score (nSPS) is 21.9. The molecule has 1 saturated carbocycles. The van der Waals surface area contributed by atoms with E-state index >= 15 is 0 Å². The van der Waals surface area contributed by atoms with E-state index in [2.05, 4.69) is 70.2 Å². The van der Waals surface area contributed by atoms with E-state index in [1.807, 2.05) is 12.4 Å². The summed E-state index contributed by atoms with van der Waals surface area (Å²) in [4.78, 5) is 6.61. The third-order valence-corrected chi connectivity index (χ3v) is 7.31. The van der Waals surface area contributed by atoms with Crippen LogP contribution in [0.2, 0.25) is 0 Å². The fourth-order valence-corrected chi connectivity index (χ4v) is 5.62. The highest BCUT2D eigenvalue weighted by molar-refractivity contribution is 8.16. The number of rotatable bonds is 7. The zero-order valence-electron chi connectivity index (χ0n) is 16.6. The van der Waals surface area contributed by atoms with Crippen molar-refractivity contribution in [2.24, 2.45) is 0 Å². The molecular formula is C25H30N2S. The molecule has 146 valence electrons. The Labute approximate surface area is 171 Å². The maximum Gasteiger partial charge on any atom is 0.0570 e. The highest BCUT2D eigenvalue weighted by Gasteiger charge is 2.22. The van der Waals surface area contributed by atoms with Crippen LogP contribution in [0.4, 0.5) is 0 Å². The molecule has 0 N–H and O–H groups in total. The fourth-order valence-electron chi connectivity index (χ4n) is 4.38. The van der Waals surface area contributed by atoms with Gasteiger partial charge in [-0.3, -0.25) is 4.98 Å². The fraction of sp³-hybridized carbons (Fsp3) is 0.360. The molecular weight excluding hydrogens is 360 g/mol. The lowest BCUT2D eigenvalue weighted by atomic mass is 9.96. The summed E-state index contributed by atoms with van der Waals surface area (Å²) in [7, 11) is 0.125. The van der Waals surface area contributed by atoms with Gasteiger partial charge in [0.15, 0.2) is 0 Å². The zero-order valence-corrected chi connectivity index (χ0v) is 17.4. The van der Waals surface area contributed by atoms with Crippen LogP contribution in [0.15, 0.2) is 72.6 Å². The second kappa shape index (κ2) is 8.91. The second-order valence-electron chi connectivity index (χ2n) is 8.05. The van der Waals surface area contributed by atoms with Crippen LogP contribution in [0.3, 0.4) is 0 Å². The molecule has 2 aromatic rings. The van der Waals surface area contributed by atoms with Crippen molar-refractivity contribution in [2.45, 2.75) is 50.6 Å². The lowest BCUT2D eigenvalue weighted by molar-refractivity contribution is 0.299. The summed E-state index contributed by atoms with van der Waals surface area (Å²) < 4.78 is 0. The van der Waals surface area contributed by atoms with E-state index in [-0.39, 0.29) is 10.5 Å². The van der Waals surface area contributed by atoms with Crippen molar-refractivity contribution >= 4 is 16.4 Å². The SMILES string of the molecule is C=C(Cc1ccc(C2CCCC2)cc1)N(Cc1ccncc1)C1C=CS(=C)C1. The number of allylic oxidation sites excluding steroid dienone is 1. The van der Waals surface area contributed by atoms with Gasteiger partial charge in [-0.1, -0.05) is 55.6 Å².